The van der Waals surface area contributed by atoms with E-state index in [4.69, 9.17) is 10.2 Å². The van der Waals surface area contributed by atoms with E-state index in [9.17, 15) is 0 Å². The van der Waals surface area contributed by atoms with Crippen LogP contribution in [0.1, 0.15) is 19.2 Å². The molecule has 84 valence electrons. The van der Waals surface area contributed by atoms with Crippen LogP contribution in [0.25, 0.3) is 11.5 Å². The van der Waals surface area contributed by atoms with Crippen LogP contribution in [0, 0.1) is 0 Å². The fourth-order valence-corrected chi connectivity index (χ4v) is 1.31. The van der Waals surface area contributed by atoms with E-state index in [1.165, 1.54) is 0 Å². The average Bonchev–Trinajstić information content (AvgIpc) is 2.78. The van der Waals surface area contributed by atoms with Crippen LogP contribution in [0.15, 0.2) is 28.9 Å². The maximum atomic E-state index is 5.81. The topological polar surface area (TPSA) is 77.8 Å². The van der Waals surface area contributed by atoms with E-state index >= 15 is 0 Å². The van der Waals surface area contributed by atoms with Crippen LogP contribution in [0.4, 0.5) is 0 Å². The first-order valence-electron chi connectivity index (χ1n) is 5.28. The SMILES string of the molecule is CC[C@H](N)Cc1nnc(-c2cccnc2)o1. The van der Waals surface area contributed by atoms with Gasteiger partial charge in [0.1, 0.15) is 0 Å². The normalized spacial score (nSPS) is 12.6. The summed E-state index contributed by atoms with van der Waals surface area (Å²) in [5.74, 6) is 1.07. The molecule has 0 aliphatic heterocycles. The summed E-state index contributed by atoms with van der Waals surface area (Å²) in [6.45, 7) is 2.03. The second kappa shape index (κ2) is 4.85. The van der Waals surface area contributed by atoms with Gasteiger partial charge in [-0.05, 0) is 18.6 Å². The van der Waals surface area contributed by atoms with Gasteiger partial charge in [-0.1, -0.05) is 6.92 Å². The molecule has 0 radical (unpaired) electrons. The third-order valence-corrected chi connectivity index (χ3v) is 2.34. The van der Waals surface area contributed by atoms with Crippen LogP contribution >= 0.6 is 0 Å². The van der Waals surface area contributed by atoms with Gasteiger partial charge in [-0.25, -0.2) is 0 Å². The zero-order chi connectivity index (χ0) is 11.4. The van der Waals surface area contributed by atoms with E-state index in [0.717, 1.165) is 12.0 Å². The zero-order valence-corrected chi connectivity index (χ0v) is 9.13. The van der Waals surface area contributed by atoms with Crippen molar-refractivity contribution >= 4 is 0 Å². The molecule has 0 saturated carbocycles. The van der Waals surface area contributed by atoms with Crippen molar-refractivity contribution in [2.24, 2.45) is 5.73 Å². The number of aromatic nitrogens is 3. The molecule has 0 aliphatic carbocycles. The lowest BCUT2D eigenvalue weighted by molar-refractivity contribution is 0.474. The highest BCUT2D eigenvalue weighted by atomic mass is 16.4. The molecule has 0 bridgehead atoms. The number of hydrogen-bond acceptors (Lipinski definition) is 5. The highest BCUT2D eigenvalue weighted by Crippen LogP contribution is 2.16. The van der Waals surface area contributed by atoms with E-state index in [1.54, 1.807) is 12.4 Å². The first-order valence-corrected chi connectivity index (χ1v) is 5.28. The average molecular weight is 218 g/mol. The van der Waals surface area contributed by atoms with E-state index < -0.39 is 0 Å². The third kappa shape index (κ3) is 2.43. The van der Waals surface area contributed by atoms with Crippen molar-refractivity contribution in [2.45, 2.75) is 25.8 Å². The van der Waals surface area contributed by atoms with Gasteiger partial charge in [0.15, 0.2) is 0 Å². The minimum absolute atomic E-state index is 0.0715. The van der Waals surface area contributed by atoms with Gasteiger partial charge in [0.2, 0.25) is 11.8 Å². The monoisotopic (exact) mass is 218 g/mol. The third-order valence-electron chi connectivity index (χ3n) is 2.34. The van der Waals surface area contributed by atoms with Crippen molar-refractivity contribution in [1.82, 2.24) is 15.2 Å². The summed E-state index contributed by atoms with van der Waals surface area (Å²) in [7, 11) is 0. The molecule has 0 unspecified atom stereocenters. The predicted octanol–water partition coefficient (Wildman–Crippen LogP) is 1.41. The van der Waals surface area contributed by atoms with Crippen molar-refractivity contribution in [3.8, 4) is 11.5 Å². The second-order valence-corrected chi connectivity index (χ2v) is 3.62. The van der Waals surface area contributed by atoms with E-state index in [-0.39, 0.29) is 6.04 Å². The molecule has 0 fully saturated rings. The largest absolute Gasteiger partial charge is 0.421 e. The van der Waals surface area contributed by atoms with Crippen LogP contribution in [0.3, 0.4) is 0 Å². The highest BCUT2D eigenvalue weighted by Gasteiger charge is 2.10. The van der Waals surface area contributed by atoms with Gasteiger partial charge in [-0.3, -0.25) is 4.98 Å². The lowest BCUT2D eigenvalue weighted by atomic mass is 10.2. The number of nitrogens with two attached hydrogens (primary N) is 1. The molecule has 2 N–H and O–H groups in total. The van der Waals surface area contributed by atoms with Crippen LogP contribution in [0.2, 0.25) is 0 Å². The summed E-state index contributed by atoms with van der Waals surface area (Å²) in [5.41, 5.74) is 6.64. The molecule has 5 heteroatoms. The van der Waals surface area contributed by atoms with E-state index in [0.29, 0.717) is 18.2 Å². The minimum Gasteiger partial charge on any atom is -0.421 e. The van der Waals surface area contributed by atoms with E-state index in [2.05, 4.69) is 15.2 Å². The molecule has 2 heterocycles. The van der Waals surface area contributed by atoms with Gasteiger partial charge in [-0.15, -0.1) is 10.2 Å². The predicted molar refractivity (Wildman–Crippen MR) is 59.5 cm³/mol. The molecule has 16 heavy (non-hydrogen) atoms. The Morgan fingerprint density at radius 2 is 2.31 bits per heavy atom. The van der Waals surface area contributed by atoms with Crippen LogP contribution in [0.5, 0.6) is 0 Å². The molecule has 5 nitrogen and oxygen atoms in total. The first-order chi connectivity index (χ1) is 7.79. The number of hydrogen-bond donors (Lipinski definition) is 1. The fourth-order valence-electron chi connectivity index (χ4n) is 1.31. The van der Waals surface area contributed by atoms with Gasteiger partial charge in [-0.2, -0.15) is 0 Å². The standard InChI is InChI=1S/C11H14N4O/c1-2-9(12)6-10-14-15-11(16-10)8-4-3-5-13-7-8/h3-5,7,9H,2,6,12H2,1H3/t9-/m0/s1. The number of nitrogens with zero attached hydrogens (tertiary/aromatic N) is 3. The molecule has 0 aromatic carbocycles. The zero-order valence-electron chi connectivity index (χ0n) is 9.13. The molecular weight excluding hydrogens is 204 g/mol. The molecule has 2 rings (SSSR count). The van der Waals surface area contributed by atoms with Gasteiger partial charge >= 0.3 is 0 Å². The highest BCUT2D eigenvalue weighted by molar-refractivity contribution is 5.49. The van der Waals surface area contributed by atoms with Gasteiger partial charge < -0.3 is 10.2 Å². The van der Waals surface area contributed by atoms with Gasteiger partial charge in [0, 0.05) is 24.9 Å². The summed E-state index contributed by atoms with van der Waals surface area (Å²) in [4.78, 5) is 3.99. The Morgan fingerprint density at radius 1 is 1.44 bits per heavy atom. The van der Waals surface area contributed by atoms with E-state index in [1.807, 2.05) is 19.1 Å². The fraction of sp³-hybridized carbons (Fsp3) is 0.364. The Morgan fingerprint density at radius 3 is 3.00 bits per heavy atom. The van der Waals surface area contributed by atoms with Crippen LogP contribution in [-0.4, -0.2) is 21.2 Å². The van der Waals surface area contributed by atoms with Gasteiger partial charge in [0.05, 0.1) is 5.56 Å². The summed E-state index contributed by atoms with van der Waals surface area (Å²) < 4.78 is 5.50. The first kappa shape index (κ1) is 10.8. The summed E-state index contributed by atoms with van der Waals surface area (Å²) in [6, 6.07) is 3.78. The molecule has 0 aliphatic rings. The number of rotatable bonds is 4. The summed E-state index contributed by atoms with van der Waals surface area (Å²) in [6.07, 6.45) is 4.90. The lowest BCUT2D eigenvalue weighted by Gasteiger charge is -2.02. The Balaban J connectivity index is 2.14. The molecule has 2 aromatic heterocycles. The maximum absolute atomic E-state index is 5.81. The number of pyridine rings is 1. The molecule has 0 spiro atoms. The summed E-state index contributed by atoms with van der Waals surface area (Å²) >= 11 is 0. The molecule has 2 aromatic rings. The van der Waals surface area contributed by atoms with Crippen molar-refractivity contribution in [1.29, 1.82) is 0 Å². The van der Waals surface area contributed by atoms with Crippen LogP contribution in [-0.2, 0) is 6.42 Å². The lowest BCUT2D eigenvalue weighted by Crippen LogP contribution is -2.21. The Labute approximate surface area is 93.7 Å². The van der Waals surface area contributed by atoms with Crippen molar-refractivity contribution < 1.29 is 4.42 Å². The molecule has 0 amide bonds. The molecule has 0 saturated heterocycles. The maximum Gasteiger partial charge on any atom is 0.249 e. The molecule has 1 atom stereocenters. The second-order valence-electron chi connectivity index (χ2n) is 3.62. The van der Waals surface area contributed by atoms with Crippen LogP contribution < -0.4 is 5.73 Å². The molecular formula is C11H14N4O. The summed E-state index contributed by atoms with van der Waals surface area (Å²) in [5, 5.41) is 7.92. The Hall–Kier alpha value is -1.75. The van der Waals surface area contributed by atoms with Crippen molar-refractivity contribution in [3.63, 3.8) is 0 Å². The minimum atomic E-state index is 0.0715. The Bertz CT molecular complexity index is 440. The smallest absolute Gasteiger partial charge is 0.249 e. The Kier molecular flexibility index (Phi) is 3.26. The van der Waals surface area contributed by atoms with Gasteiger partial charge in [0.25, 0.3) is 0 Å². The quantitative estimate of drug-likeness (QED) is 0.839. The van der Waals surface area contributed by atoms with Crippen molar-refractivity contribution in [2.75, 3.05) is 0 Å². The van der Waals surface area contributed by atoms with Crippen molar-refractivity contribution in [3.05, 3.63) is 30.4 Å².